The highest BCUT2D eigenvalue weighted by atomic mass is 32.2. The first-order chi connectivity index (χ1) is 13.2. The van der Waals surface area contributed by atoms with E-state index >= 15 is 0 Å². The van der Waals surface area contributed by atoms with Gasteiger partial charge < -0.3 is 10.1 Å². The molecule has 0 fully saturated rings. The molecule has 0 amide bonds. The molecular formula is C13H11F6N5O4S. The van der Waals surface area contributed by atoms with Crippen LogP contribution in [0.15, 0.2) is 29.4 Å². The van der Waals surface area contributed by atoms with E-state index in [9.17, 15) is 44.9 Å². The Hall–Kier alpha value is -2.75. The molecule has 0 radical (unpaired) electrons. The number of hydrogen-bond acceptors (Lipinski definition) is 6. The van der Waals surface area contributed by atoms with Crippen molar-refractivity contribution in [2.45, 2.75) is 30.2 Å². The van der Waals surface area contributed by atoms with Crippen LogP contribution in [0.5, 0.6) is 0 Å². The highest BCUT2D eigenvalue weighted by Crippen LogP contribution is 2.38. The molecule has 16 heteroatoms. The topological polar surface area (TPSA) is 120 Å². The average molecular weight is 447 g/mol. The maximum absolute atomic E-state index is 13.0. The Morgan fingerprint density at radius 1 is 1.14 bits per heavy atom. The Balaban J connectivity index is 2.17. The van der Waals surface area contributed by atoms with Gasteiger partial charge in [-0.15, -0.1) is 0 Å². The van der Waals surface area contributed by atoms with Crippen molar-refractivity contribution in [3.63, 3.8) is 0 Å². The minimum absolute atomic E-state index is 0.0475. The Morgan fingerprint density at radius 2 is 1.79 bits per heavy atom. The summed E-state index contributed by atoms with van der Waals surface area (Å²) >= 11 is 0. The number of nitrogens with one attached hydrogen (secondary N) is 1. The third-order valence-corrected chi connectivity index (χ3v) is 4.95. The molecule has 1 aromatic carbocycles. The van der Waals surface area contributed by atoms with Crippen molar-refractivity contribution in [3.8, 4) is 0 Å². The minimum Gasteiger partial charge on any atom is -0.390 e. The summed E-state index contributed by atoms with van der Waals surface area (Å²) in [6, 6.07) is 0.0946. The van der Waals surface area contributed by atoms with Crippen molar-refractivity contribution in [2.75, 3.05) is 6.54 Å². The molecule has 0 aliphatic rings. The second kappa shape index (κ2) is 7.94. The first-order valence-electron chi connectivity index (χ1n) is 7.54. The molecule has 29 heavy (non-hydrogen) atoms. The van der Waals surface area contributed by atoms with Gasteiger partial charge >= 0.3 is 18.3 Å². The highest BCUT2D eigenvalue weighted by Gasteiger charge is 2.40. The lowest BCUT2D eigenvalue weighted by atomic mass is 10.1. The molecule has 0 bridgehead atoms. The number of aryl methyl sites for hydroxylation is 1. The quantitative estimate of drug-likeness (QED) is 0.302. The molecule has 2 aromatic rings. The first-order valence-corrected chi connectivity index (χ1v) is 9.02. The molecule has 0 atom stereocenters. The van der Waals surface area contributed by atoms with Gasteiger partial charge in [0.2, 0.25) is 16.4 Å². The second-order valence-corrected chi connectivity index (χ2v) is 7.26. The number of hydrogen-bond donors (Lipinski definition) is 1. The summed E-state index contributed by atoms with van der Waals surface area (Å²) in [5.41, 5.74) is -3.30. The van der Waals surface area contributed by atoms with Crippen LogP contribution in [0.3, 0.4) is 0 Å². The van der Waals surface area contributed by atoms with Crippen LogP contribution in [0.1, 0.15) is 17.5 Å². The molecule has 9 nitrogen and oxygen atoms in total. The number of benzene rings is 1. The first kappa shape index (κ1) is 22.5. The summed E-state index contributed by atoms with van der Waals surface area (Å²) in [6.07, 6.45) is -9.34. The van der Waals surface area contributed by atoms with Crippen LogP contribution in [-0.4, -0.2) is 34.7 Å². The van der Waals surface area contributed by atoms with Crippen molar-refractivity contribution in [2.24, 2.45) is 0 Å². The molecule has 1 aromatic heterocycles. The fraction of sp³-hybridized carbons (Fsp3) is 0.385. The maximum atomic E-state index is 13.0. The van der Waals surface area contributed by atoms with E-state index in [2.05, 4.69) is 10.1 Å². The predicted molar refractivity (Wildman–Crippen MR) is 82.9 cm³/mol. The van der Waals surface area contributed by atoms with Gasteiger partial charge in [-0.1, -0.05) is 4.98 Å². The standard InChI is InChI=1S/C13H11F6N5O4S/c14-12(15,16)8-2-3-9(13(17,18)19)10(6-8)29(27,28)21-4-1-5-23-7-20-11(22-23)24(25)26/h2-3,6-7,21H,1,4-5H2. The zero-order chi connectivity index (χ0) is 22.0. The van der Waals surface area contributed by atoms with Crippen LogP contribution in [0.4, 0.5) is 32.3 Å². The number of nitrogens with zero attached hydrogens (tertiary/aromatic N) is 4. The molecule has 0 saturated heterocycles. The van der Waals surface area contributed by atoms with Crippen LogP contribution in [0, 0.1) is 10.1 Å². The number of nitro groups is 1. The molecule has 1 heterocycles. The molecule has 2 rings (SSSR count). The molecule has 0 aliphatic carbocycles. The third kappa shape index (κ3) is 5.63. The lowest BCUT2D eigenvalue weighted by Gasteiger charge is -2.16. The average Bonchev–Trinajstić information content (AvgIpc) is 3.06. The third-order valence-electron chi connectivity index (χ3n) is 3.45. The second-order valence-electron chi connectivity index (χ2n) is 5.52. The largest absolute Gasteiger partial charge is 0.490 e. The SMILES string of the molecule is O=[N+]([O-])c1ncn(CCCNS(=O)(=O)c2cc(C(F)(F)F)ccc2C(F)(F)F)n1. The van der Waals surface area contributed by atoms with Gasteiger partial charge in [-0.05, 0) is 29.5 Å². The molecular weight excluding hydrogens is 436 g/mol. The predicted octanol–water partition coefficient (Wildman–Crippen LogP) is 2.59. The normalized spacial score (nSPS) is 12.9. The van der Waals surface area contributed by atoms with Gasteiger partial charge in [0.15, 0.2) is 0 Å². The van der Waals surface area contributed by atoms with E-state index in [0.717, 1.165) is 11.0 Å². The van der Waals surface area contributed by atoms with Gasteiger partial charge in [0, 0.05) is 11.6 Å². The van der Waals surface area contributed by atoms with Gasteiger partial charge in [0.25, 0.3) is 0 Å². The van der Waals surface area contributed by atoms with E-state index in [-0.39, 0.29) is 31.2 Å². The van der Waals surface area contributed by atoms with Gasteiger partial charge in [0.05, 0.1) is 22.6 Å². The highest BCUT2D eigenvalue weighted by molar-refractivity contribution is 7.89. The lowest BCUT2D eigenvalue weighted by molar-refractivity contribution is -0.394. The monoisotopic (exact) mass is 447 g/mol. The van der Waals surface area contributed by atoms with E-state index in [1.54, 1.807) is 4.72 Å². The molecule has 0 unspecified atom stereocenters. The Labute approximate surface area is 158 Å². The molecule has 0 aliphatic heterocycles. The lowest BCUT2D eigenvalue weighted by Crippen LogP contribution is -2.28. The Morgan fingerprint density at radius 3 is 2.31 bits per heavy atom. The van der Waals surface area contributed by atoms with Crippen LogP contribution < -0.4 is 4.72 Å². The fourth-order valence-electron chi connectivity index (χ4n) is 2.16. The van der Waals surface area contributed by atoms with Crippen molar-refractivity contribution >= 4 is 16.0 Å². The molecule has 0 saturated carbocycles. The van der Waals surface area contributed by atoms with Crippen LogP contribution in [-0.2, 0) is 28.9 Å². The minimum atomic E-state index is -5.20. The van der Waals surface area contributed by atoms with Crippen LogP contribution in [0.2, 0.25) is 0 Å². The maximum Gasteiger partial charge on any atom is 0.490 e. The summed E-state index contributed by atoms with van der Waals surface area (Å²) in [4.78, 5) is 11.4. The number of rotatable bonds is 7. The van der Waals surface area contributed by atoms with E-state index < -0.39 is 55.8 Å². The summed E-state index contributed by atoms with van der Waals surface area (Å²) in [5, 5.41) is 13.9. The smallest absolute Gasteiger partial charge is 0.390 e. The fourth-order valence-corrected chi connectivity index (χ4v) is 3.48. The van der Waals surface area contributed by atoms with Crippen molar-refractivity contribution < 1.29 is 39.7 Å². The van der Waals surface area contributed by atoms with E-state index in [1.807, 2.05) is 0 Å². The van der Waals surface area contributed by atoms with Gasteiger partial charge in [-0.2, -0.15) is 31.0 Å². The molecule has 0 spiro atoms. The number of sulfonamides is 1. The van der Waals surface area contributed by atoms with E-state index in [4.69, 9.17) is 0 Å². The summed E-state index contributed by atoms with van der Waals surface area (Å²) in [7, 11) is -4.94. The van der Waals surface area contributed by atoms with Crippen molar-refractivity contribution in [1.82, 2.24) is 19.5 Å². The summed E-state index contributed by atoms with van der Waals surface area (Å²) in [6.45, 7) is -0.554. The summed E-state index contributed by atoms with van der Waals surface area (Å²) in [5.74, 6) is -0.704. The molecule has 1 N–H and O–H groups in total. The van der Waals surface area contributed by atoms with Gasteiger partial charge in [0.1, 0.15) is 0 Å². The van der Waals surface area contributed by atoms with Gasteiger partial charge in [-0.25, -0.2) is 13.1 Å². The zero-order valence-electron chi connectivity index (χ0n) is 14.0. The zero-order valence-corrected chi connectivity index (χ0v) is 14.8. The Bertz CT molecular complexity index is 1000. The number of halogens is 6. The summed E-state index contributed by atoms with van der Waals surface area (Å²) < 4.78 is 105. The van der Waals surface area contributed by atoms with E-state index in [0.29, 0.717) is 0 Å². The molecule has 160 valence electrons. The van der Waals surface area contributed by atoms with Gasteiger partial charge in [-0.3, -0.25) is 0 Å². The number of alkyl halides is 6. The van der Waals surface area contributed by atoms with Crippen molar-refractivity contribution in [1.29, 1.82) is 0 Å². The van der Waals surface area contributed by atoms with Crippen molar-refractivity contribution in [3.05, 3.63) is 45.8 Å². The number of aromatic nitrogens is 3. The van der Waals surface area contributed by atoms with Crippen LogP contribution in [0.25, 0.3) is 0 Å². The van der Waals surface area contributed by atoms with E-state index in [1.165, 1.54) is 0 Å². The van der Waals surface area contributed by atoms with Crippen LogP contribution >= 0.6 is 0 Å². The Kier molecular flexibility index (Phi) is 6.17.